The lowest BCUT2D eigenvalue weighted by atomic mass is 9.84. The van der Waals surface area contributed by atoms with Crippen molar-refractivity contribution in [3.63, 3.8) is 0 Å². The zero-order valence-corrected chi connectivity index (χ0v) is 12.4. The third-order valence-electron chi connectivity index (χ3n) is 3.39. The summed E-state index contributed by atoms with van der Waals surface area (Å²) in [6.45, 7) is 4.32. The lowest BCUT2D eigenvalue weighted by molar-refractivity contribution is 0.601. The molecule has 0 amide bonds. The molecule has 0 saturated heterocycles. The Morgan fingerprint density at radius 1 is 1.16 bits per heavy atom. The average Bonchev–Trinajstić information content (AvgIpc) is 2.83. The van der Waals surface area contributed by atoms with E-state index in [1.807, 2.05) is 12.1 Å². The van der Waals surface area contributed by atoms with Crippen LogP contribution in [0.3, 0.4) is 0 Å². The zero-order valence-electron chi connectivity index (χ0n) is 10.8. The molecule has 3 rings (SSSR count). The SMILES string of the molecule is CC(C)(c1ccccc1)c1nc2ncc(Br)cc2[nH]1. The molecule has 4 heteroatoms. The molecule has 0 aliphatic rings. The van der Waals surface area contributed by atoms with E-state index in [0.29, 0.717) is 0 Å². The summed E-state index contributed by atoms with van der Waals surface area (Å²) in [5, 5.41) is 0. The minimum absolute atomic E-state index is 0.172. The van der Waals surface area contributed by atoms with E-state index in [1.54, 1.807) is 6.20 Å². The molecule has 0 fully saturated rings. The number of halogens is 1. The number of aromatic nitrogens is 3. The van der Waals surface area contributed by atoms with Gasteiger partial charge in [0.15, 0.2) is 5.65 Å². The van der Waals surface area contributed by atoms with E-state index >= 15 is 0 Å². The van der Waals surface area contributed by atoms with Crippen molar-refractivity contribution in [2.45, 2.75) is 19.3 Å². The molecule has 1 aromatic carbocycles. The monoisotopic (exact) mass is 315 g/mol. The molecule has 2 aromatic heterocycles. The summed E-state index contributed by atoms with van der Waals surface area (Å²) >= 11 is 3.43. The van der Waals surface area contributed by atoms with Gasteiger partial charge in [-0.1, -0.05) is 30.3 Å². The van der Waals surface area contributed by atoms with Crippen LogP contribution < -0.4 is 0 Å². The topological polar surface area (TPSA) is 41.6 Å². The first-order valence-corrected chi connectivity index (χ1v) is 6.94. The molecule has 0 aliphatic heterocycles. The molecule has 0 radical (unpaired) electrons. The van der Waals surface area contributed by atoms with Gasteiger partial charge in [-0.05, 0) is 41.4 Å². The fourth-order valence-electron chi connectivity index (χ4n) is 2.16. The van der Waals surface area contributed by atoms with Gasteiger partial charge >= 0.3 is 0 Å². The van der Waals surface area contributed by atoms with Crippen molar-refractivity contribution in [1.82, 2.24) is 15.0 Å². The molecule has 1 N–H and O–H groups in total. The van der Waals surface area contributed by atoms with Crippen molar-refractivity contribution < 1.29 is 0 Å². The quantitative estimate of drug-likeness (QED) is 0.775. The zero-order chi connectivity index (χ0) is 13.5. The second kappa shape index (κ2) is 4.46. The Morgan fingerprint density at radius 2 is 1.89 bits per heavy atom. The number of imidazole rings is 1. The van der Waals surface area contributed by atoms with E-state index < -0.39 is 0 Å². The molecule has 0 atom stereocenters. The van der Waals surface area contributed by atoms with Crippen LogP contribution in [-0.2, 0) is 5.41 Å². The number of fused-ring (bicyclic) bond motifs is 1. The Bertz CT molecular complexity index is 717. The molecule has 0 bridgehead atoms. The van der Waals surface area contributed by atoms with E-state index in [4.69, 9.17) is 0 Å². The van der Waals surface area contributed by atoms with Gasteiger partial charge in [-0.2, -0.15) is 0 Å². The maximum Gasteiger partial charge on any atom is 0.177 e. The number of hydrogen-bond acceptors (Lipinski definition) is 2. The van der Waals surface area contributed by atoms with Crippen LogP contribution in [-0.4, -0.2) is 15.0 Å². The van der Waals surface area contributed by atoms with Crippen molar-refractivity contribution in [2.75, 3.05) is 0 Å². The maximum absolute atomic E-state index is 4.61. The van der Waals surface area contributed by atoms with Gasteiger partial charge in [0.2, 0.25) is 0 Å². The van der Waals surface area contributed by atoms with Crippen LogP contribution >= 0.6 is 15.9 Å². The van der Waals surface area contributed by atoms with Crippen LogP contribution in [0.1, 0.15) is 25.2 Å². The highest BCUT2D eigenvalue weighted by Crippen LogP contribution is 2.30. The summed E-state index contributed by atoms with van der Waals surface area (Å²) in [6, 6.07) is 12.4. The van der Waals surface area contributed by atoms with E-state index in [1.165, 1.54) is 5.56 Å². The van der Waals surface area contributed by atoms with Crippen LogP contribution in [0.15, 0.2) is 47.1 Å². The second-order valence-electron chi connectivity index (χ2n) is 5.10. The normalized spacial score (nSPS) is 11.9. The Hall–Kier alpha value is -1.68. The van der Waals surface area contributed by atoms with E-state index in [2.05, 4.69) is 69.0 Å². The molecule has 3 nitrogen and oxygen atoms in total. The van der Waals surface area contributed by atoms with Gasteiger partial charge in [0.25, 0.3) is 0 Å². The minimum Gasteiger partial charge on any atom is -0.340 e. The number of benzene rings is 1. The van der Waals surface area contributed by atoms with E-state index in [9.17, 15) is 0 Å². The second-order valence-corrected chi connectivity index (χ2v) is 6.02. The first-order valence-electron chi connectivity index (χ1n) is 6.14. The van der Waals surface area contributed by atoms with E-state index in [-0.39, 0.29) is 5.41 Å². The number of hydrogen-bond donors (Lipinski definition) is 1. The third-order valence-corrected chi connectivity index (χ3v) is 3.83. The van der Waals surface area contributed by atoms with Gasteiger partial charge in [0.05, 0.1) is 5.52 Å². The summed E-state index contributed by atoms with van der Waals surface area (Å²) in [7, 11) is 0. The minimum atomic E-state index is -0.172. The molecule has 2 heterocycles. The third kappa shape index (κ3) is 2.16. The molecular formula is C15H14BrN3. The molecule has 0 spiro atoms. The Balaban J connectivity index is 2.13. The molecular weight excluding hydrogens is 302 g/mol. The summed E-state index contributed by atoms with van der Waals surface area (Å²) in [6.07, 6.45) is 1.77. The van der Waals surface area contributed by atoms with Crippen molar-refractivity contribution in [2.24, 2.45) is 0 Å². The highest BCUT2D eigenvalue weighted by atomic mass is 79.9. The van der Waals surface area contributed by atoms with Crippen LogP contribution in [0.4, 0.5) is 0 Å². The van der Waals surface area contributed by atoms with Crippen molar-refractivity contribution in [3.05, 3.63) is 58.5 Å². The number of nitrogens with one attached hydrogen (secondary N) is 1. The van der Waals surface area contributed by atoms with Gasteiger partial charge < -0.3 is 4.98 Å². The average molecular weight is 316 g/mol. The predicted molar refractivity (Wildman–Crippen MR) is 80.2 cm³/mol. The standard InChI is InChI=1S/C15H14BrN3/c1-15(2,10-6-4-3-5-7-10)14-18-12-8-11(16)9-17-13(12)19-14/h3-9H,1-2H3,(H,17,18,19). The summed E-state index contributed by atoms with van der Waals surface area (Å²) < 4.78 is 0.952. The Kier molecular flexibility index (Phi) is 2.90. The van der Waals surface area contributed by atoms with Gasteiger partial charge in [-0.15, -0.1) is 0 Å². The molecule has 3 aromatic rings. The Morgan fingerprint density at radius 3 is 2.63 bits per heavy atom. The number of pyridine rings is 1. The van der Waals surface area contributed by atoms with Crippen molar-refractivity contribution >= 4 is 27.1 Å². The van der Waals surface area contributed by atoms with Crippen LogP contribution in [0.2, 0.25) is 0 Å². The highest BCUT2D eigenvalue weighted by Gasteiger charge is 2.26. The fraction of sp³-hybridized carbons (Fsp3) is 0.200. The number of rotatable bonds is 2. The summed E-state index contributed by atoms with van der Waals surface area (Å²) in [5.41, 5.74) is 2.76. The summed E-state index contributed by atoms with van der Waals surface area (Å²) in [4.78, 5) is 12.3. The lowest BCUT2D eigenvalue weighted by Crippen LogP contribution is -2.20. The highest BCUT2D eigenvalue weighted by molar-refractivity contribution is 9.10. The molecule has 19 heavy (non-hydrogen) atoms. The van der Waals surface area contributed by atoms with Crippen LogP contribution in [0.5, 0.6) is 0 Å². The van der Waals surface area contributed by atoms with Crippen molar-refractivity contribution in [3.8, 4) is 0 Å². The molecule has 0 aliphatic carbocycles. The van der Waals surface area contributed by atoms with E-state index in [0.717, 1.165) is 21.5 Å². The smallest absolute Gasteiger partial charge is 0.177 e. The lowest BCUT2D eigenvalue weighted by Gasteiger charge is -2.22. The van der Waals surface area contributed by atoms with Crippen molar-refractivity contribution in [1.29, 1.82) is 0 Å². The van der Waals surface area contributed by atoms with Crippen LogP contribution in [0.25, 0.3) is 11.2 Å². The van der Waals surface area contributed by atoms with Gasteiger partial charge in [0, 0.05) is 16.1 Å². The van der Waals surface area contributed by atoms with Gasteiger partial charge in [-0.25, -0.2) is 9.97 Å². The molecule has 96 valence electrons. The number of nitrogens with zero attached hydrogens (tertiary/aromatic N) is 2. The largest absolute Gasteiger partial charge is 0.340 e. The molecule has 0 saturated carbocycles. The van der Waals surface area contributed by atoms with Gasteiger partial charge in [-0.3, -0.25) is 0 Å². The fourth-order valence-corrected chi connectivity index (χ4v) is 2.49. The summed E-state index contributed by atoms with van der Waals surface area (Å²) in [5.74, 6) is 0.930. The predicted octanol–water partition coefficient (Wildman–Crippen LogP) is 4.05. The van der Waals surface area contributed by atoms with Gasteiger partial charge in [0.1, 0.15) is 5.82 Å². The first-order chi connectivity index (χ1) is 9.07. The first kappa shape index (κ1) is 12.4. The Labute approximate surface area is 120 Å². The maximum atomic E-state index is 4.61. The number of H-pyrrole nitrogens is 1. The molecule has 0 unspecified atom stereocenters. The van der Waals surface area contributed by atoms with Crippen LogP contribution in [0, 0.1) is 0 Å². The number of aromatic amines is 1.